The summed E-state index contributed by atoms with van der Waals surface area (Å²) in [6.07, 6.45) is 2.44. The van der Waals surface area contributed by atoms with E-state index in [-0.39, 0.29) is 5.91 Å². The highest BCUT2D eigenvalue weighted by Gasteiger charge is 2.05. The van der Waals surface area contributed by atoms with Gasteiger partial charge in [-0.2, -0.15) is 0 Å². The number of carbonyl (C=O) groups is 1. The maximum Gasteiger partial charge on any atom is 0.228 e. The van der Waals surface area contributed by atoms with Crippen molar-refractivity contribution in [2.75, 3.05) is 10.6 Å². The Bertz CT molecular complexity index is 598. The van der Waals surface area contributed by atoms with Crippen LogP contribution < -0.4 is 5.32 Å². The monoisotopic (exact) mass is 365 g/mol. The van der Waals surface area contributed by atoms with Crippen LogP contribution in [0.25, 0.3) is 0 Å². The zero-order valence-electron chi connectivity index (χ0n) is 11.6. The highest BCUT2D eigenvalue weighted by molar-refractivity contribution is 9.09. The third kappa shape index (κ3) is 5.52. The van der Waals surface area contributed by atoms with Crippen LogP contribution in [0, 0.1) is 0 Å². The molecule has 0 spiro atoms. The molecule has 0 radical (unpaired) electrons. The van der Waals surface area contributed by atoms with Gasteiger partial charge in [-0.25, -0.2) is 0 Å². The first kappa shape index (κ1) is 16.1. The summed E-state index contributed by atoms with van der Waals surface area (Å²) in [6.45, 7) is 0. The topological polar surface area (TPSA) is 29.1 Å². The van der Waals surface area contributed by atoms with E-state index in [9.17, 15) is 4.79 Å². The van der Waals surface area contributed by atoms with E-state index in [1.165, 1.54) is 5.56 Å². The molecule has 0 aliphatic rings. The van der Waals surface area contributed by atoms with Crippen molar-refractivity contribution >= 4 is 39.1 Å². The average molecular weight is 367 g/mol. The summed E-state index contributed by atoms with van der Waals surface area (Å²) in [6, 6.07) is 15.3. The number of hydrogen-bond acceptors (Lipinski definition) is 1. The average Bonchev–Trinajstić information content (AvgIpc) is 2.48. The number of rotatable bonds is 6. The van der Waals surface area contributed by atoms with Crippen molar-refractivity contribution in [3.8, 4) is 0 Å². The van der Waals surface area contributed by atoms with Crippen LogP contribution in [0.4, 0.5) is 5.69 Å². The van der Waals surface area contributed by atoms with Crippen LogP contribution in [0.5, 0.6) is 0 Å². The first-order valence-electron chi connectivity index (χ1n) is 6.86. The Morgan fingerprint density at radius 3 is 2.57 bits per heavy atom. The lowest BCUT2D eigenvalue weighted by Gasteiger charge is -2.07. The summed E-state index contributed by atoms with van der Waals surface area (Å²) in [5.74, 6) is -0.0186. The number of carbonyl (C=O) groups excluding carboxylic acids is 1. The van der Waals surface area contributed by atoms with Gasteiger partial charge in [0, 0.05) is 16.0 Å². The molecule has 0 aliphatic carbocycles. The molecule has 1 N–H and O–H groups in total. The molecule has 0 saturated heterocycles. The number of alkyl halides is 1. The van der Waals surface area contributed by atoms with Crippen molar-refractivity contribution in [1.82, 2.24) is 0 Å². The van der Waals surface area contributed by atoms with Crippen LogP contribution in [0.15, 0.2) is 48.5 Å². The molecule has 0 fully saturated rings. The molecule has 0 aliphatic heterocycles. The van der Waals surface area contributed by atoms with Gasteiger partial charge in [-0.1, -0.05) is 51.8 Å². The number of anilines is 1. The van der Waals surface area contributed by atoms with Gasteiger partial charge in [0.1, 0.15) is 0 Å². The van der Waals surface area contributed by atoms with E-state index >= 15 is 0 Å². The maximum atomic E-state index is 12.0. The molecule has 2 aromatic carbocycles. The van der Waals surface area contributed by atoms with Gasteiger partial charge in [-0.3, -0.25) is 4.79 Å². The maximum absolute atomic E-state index is 12.0. The molecule has 0 aromatic heterocycles. The number of amides is 1. The van der Waals surface area contributed by atoms with Gasteiger partial charge < -0.3 is 5.32 Å². The van der Waals surface area contributed by atoms with Crippen LogP contribution >= 0.6 is 27.5 Å². The van der Waals surface area contributed by atoms with Crippen molar-refractivity contribution in [1.29, 1.82) is 0 Å². The normalized spacial score (nSPS) is 10.4. The first-order valence-corrected chi connectivity index (χ1v) is 8.36. The van der Waals surface area contributed by atoms with Gasteiger partial charge in [0.05, 0.1) is 6.42 Å². The van der Waals surface area contributed by atoms with Gasteiger partial charge in [0.25, 0.3) is 0 Å². The summed E-state index contributed by atoms with van der Waals surface area (Å²) in [5.41, 5.74) is 3.03. The number of nitrogens with one attached hydrogen (secondary N) is 1. The smallest absolute Gasteiger partial charge is 0.228 e. The minimum absolute atomic E-state index is 0.0186. The molecule has 4 heteroatoms. The Morgan fingerprint density at radius 2 is 1.86 bits per heavy atom. The zero-order chi connectivity index (χ0) is 15.1. The number of hydrogen-bond donors (Lipinski definition) is 1. The Labute approximate surface area is 138 Å². The molecule has 0 unspecified atom stereocenters. The lowest BCUT2D eigenvalue weighted by atomic mass is 10.1. The number of halogens is 2. The van der Waals surface area contributed by atoms with E-state index in [1.54, 1.807) is 12.1 Å². The van der Waals surface area contributed by atoms with Crippen molar-refractivity contribution in [3.05, 3.63) is 64.7 Å². The van der Waals surface area contributed by atoms with Crippen LogP contribution in [0.3, 0.4) is 0 Å². The summed E-state index contributed by atoms with van der Waals surface area (Å²) >= 11 is 9.26. The van der Waals surface area contributed by atoms with Crippen molar-refractivity contribution in [3.63, 3.8) is 0 Å². The number of aryl methyl sites for hydroxylation is 1. The molecule has 110 valence electrons. The van der Waals surface area contributed by atoms with Crippen molar-refractivity contribution in [2.24, 2.45) is 0 Å². The largest absolute Gasteiger partial charge is 0.326 e. The predicted octanol–water partition coefficient (Wildman–Crippen LogP) is 4.85. The van der Waals surface area contributed by atoms with Crippen LogP contribution in [0.1, 0.15) is 17.5 Å². The van der Waals surface area contributed by atoms with Crippen molar-refractivity contribution < 1.29 is 4.79 Å². The molecule has 0 atom stereocenters. The lowest BCUT2D eigenvalue weighted by Crippen LogP contribution is -2.14. The van der Waals surface area contributed by atoms with Crippen LogP contribution in [0.2, 0.25) is 5.02 Å². The Kier molecular flexibility index (Phi) is 6.27. The quantitative estimate of drug-likeness (QED) is 0.728. The molecular formula is C17H17BrClNO. The zero-order valence-corrected chi connectivity index (χ0v) is 14.0. The van der Waals surface area contributed by atoms with Crippen LogP contribution in [-0.2, 0) is 17.6 Å². The molecule has 0 saturated carbocycles. The van der Waals surface area contributed by atoms with Gasteiger partial charge in [0.15, 0.2) is 0 Å². The summed E-state index contributed by atoms with van der Waals surface area (Å²) in [4.78, 5) is 12.0. The van der Waals surface area contributed by atoms with E-state index in [2.05, 4.69) is 27.3 Å². The molecule has 0 bridgehead atoms. The minimum Gasteiger partial charge on any atom is -0.326 e. The molecule has 0 heterocycles. The van der Waals surface area contributed by atoms with E-state index in [0.717, 1.165) is 29.4 Å². The molecule has 2 aromatic rings. The second-order valence-electron chi connectivity index (χ2n) is 4.84. The van der Waals surface area contributed by atoms with E-state index in [1.807, 2.05) is 30.3 Å². The summed E-state index contributed by atoms with van der Waals surface area (Å²) < 4.78 is 0. The van der Waals surface area contributed by atoms with E-state index in [4.69, 9.17) is 11.6 Å². The molecule has 2 nitrogen and oxygen atoms in total. The van der Waals surface area contributed by atoms with Gasteiger partial charge in [-0.15, -0.1) is 0 Å². The second-order valence-corrected chi connectivity index (χ2v) is 6.07. The van der Waals surface area contributed by atoms with Gasteiger partial charge >= 0.3 is 0 Å². The SMILES string of the molecule is O=C(Cc1ccc(Cl)cc1)Nc1cccc(CCCBr)c1. The minimum atomic E-state index is -0.0186. The van der Waals surface area contributed by atoms with E-state index in [0.29, 0.717) is 11.4 Å². The third-order valence-electron chi connectivity index (χ3n) is 3.09. The standard InChI is InChI=1S/C17H17BrClNO/c18-10-2-4-13-3-1-5-16(11-13)20-17(21)12-14-6-8-15(19)9-7-14/h1,3,5-9,11H,2,4,10,12H2,(H,20,21). The van der Waals surface area contributed by atoms with Crippen molar-refractivity contribution in [2.45, 2.75) is 19.3 Å². The third-order valence-corrected chi connectivity index (χ3v) is 3.90. The second kappa shape index (κ2) is 8.20. The predicted molar refractivity (Wildman–Crippen MR) is 92.3 cm³/mol. The Morgan fingerprint density at radius 1 is 1.10 bits per heavy atom. The molecule has 2 rings (SSSR count). The highest BCUT2D eigenvalue weighted by atomic mass is 79.9. The number of benzene rings is 2. The Hall–Kier alpha value is -1.32. The lowest BCUT2D eigenvalue weighted by molar-refractivity contribution is -0.115. The first-order chi connectivity index (χ1) is 10.2. The van der Waals surface area contributed by atoms with Crippen LogP contribution in [-0.4, -0.2) is 11.2 Å². The fraction of sp³-hybridized carbons (Fsp3) is 0.235. The highest BCUT2D eigenvalue weighted by Crippen LogP contribution is 2.14. The van der Waals surface area contributed by atoms with E-state index < -0.39 is 0 Å². The molecule has 21 heavy (non-hydrogen) atoms. The van der Waals surface area contributed by atoms with Gasteiger partial charge in [0.2, 0.25) is 5.91 Å². The molecule has 1 amide bonds. The fourth-order valence-electron chi connectivity index (χ4n) is 2.07. The fourth-order valence-corrected chi connectivity index (χ4v) is 2.47. The molecular weight excluding hydrogens is 350 g/mol. The summed E-state index contributed by atoms with van der Waals surface area (Å²) in [5, 5.41) is 4.60. The Balaban J connectivity index is 1.94. The van der Waals surface area contributed by atoms with Gasteiger partial charge in [-0.05, 0) is 48.2 Å². The summed E-state index contributed by atoms with van der Waals surface area (Å²) in [7, 11) is 0.